The Balaban J connectivity index is 1.62. The molecule has 1 unspecified atom stereocenters. The maximum Gasteiger partial charge on any atom is 0.303 e. The molecule has 1 atom stereocenters. The maximum atomic E-state index is 13.1. The average molecular weight is 508 g/mol. The number of carbonyl (C=O) groups is 6. The Morgan fingerprint density at radius 1 is 1.06 bits per heavy atom. The Labute approximate surface area is 201 Å². The van der Waals surface area contributed by atoms with Crippen molar-refractivity contribution < 1.29 is 42.3 Å². The third-order valence-electron chi connectivity index (χ3n) is 5.74. The Kier molecular flexibility index (Phi) is 7.99. The molecule has 0 aliphatic carbocycles. The van der Waals surface area contributed by atoms with E-state index in [1.165, 1.54) is 18.2 Å². The molecule has 12 nitrogen and oxygen atoms in total. The van der Waals surface area contributed by atoms with Crippen LogP contribution in [0.3, 0.4) is 0 Å². The highest BCUT2D eigenvalue weighted by atomic mass is 32.2. The van der Waals surface area contributed by atoms with E-state index in [0.29, 0.717) is 12.8 Å². The van der Waals surface area contributed by atoms with E-state index in [1.807, 2.05) is 0 Å². The van der Waals surface area contributed by atoms with E-state index in [-0.39, 0.29) is 60.4 Å². The van der Waals surface area contributed by atoms with Gasteiger partial charge in [0.05, 0.1) is 28.2 Å². The molecule has 0 radical (unpaired) electrons. The van der Waals surface area contributed by atoms with E-state index in [0.717, 1.165) is 4.90 Å². The van der Waals surface area contributed by atoms with Gasteiger partial charge < -0.3 is 10.4 Å². The highest BCUT2D eigenvalue weighted by molar-refractivity contribution is 7.91. The van der Waals surface area contributed by atoms with E-state index in [1.54, 1.807) is 0 Å². The van der Waals surface area contributed by atoms with Crippen molar-refractivity contribution in [2.45, 2.75) is 55.9 Å². The number of carboxylic acids is 1. The van der Waals surface area contributed by atoms with Crippen LogP contribution in [0.5, 0.6) is 0 Å². The summed E-state index contributed by atoms with van der Waals surface area (Å²) >= 11 is 0. The normalized spacial score (nSPS) is 17.8. The van der Waals surface area contributed by atoms with Crippen LogP contribution in [0.2, 0.25) is 0 Å². The highest BCUT2D eigenvalue weighted by Crippen LogP contribution is 2.32. The molecule has 35 heavy (non-hydrogen) atoms. The zero-order chi connectivity index (χ0) is 25.8. The summed E-state index contributed by atoms with van der Waals surface area (Å²) in [7, 11) is -3.95. The minimum Gasteiger partial charge on any atom is -0.481 e. The van der Waals surface area contributed by atoms with Gasteiger partial charge in [-0.15, -0.1) is 0 Å². The van der Waals surface area contributed by atoms with Crippen LogP contribution in [-0.2, 0) is 29.0 Å². The van der Waals surface area contributed by atoms with E-state index in [4.69, 9.17) is 5.11 Å². The first-order valence-electron chi connectivity index (χ1n) is 11.1. The van der Waals surface area contributed by atoms with Gasteiger partial charge in [-0.05, 0) is 31.4 Å². The summed E-state index contributed by atoms with van der Waals surface area (Å²) in [4.78, 5) is 71.9. The fourth-order valence-electron chi connectivity index (χ4n) is 3.98. The van der Waals surface area contributed by atoms with Gasteiger partial charge in [0.1, 0.15) is 6.04 Å². The number of imide groups is 2. The molecule has 0 bridgehead atoms. The molecule has 13 heteroatoms. The van der Waals surface area contributed by atoms with Gasteiger partial charge in [-0.2, -0.15) is 0 Å². The molecule has 5 amide bonds. The average Bonchev–Trinajstić information content (AvgIpc) is 3.05. The number of benzene rings is 1. The number of carbonyl (C=O) groups excluding carboxylic acids is 5. The largest absolute Gasteiger partial charge is 0.481 e. The number of nitrogens with one attached hydrogen (secondary N) is 2. The summed E-state index contributed by atoms with van der Waals surface area (Å²) in [5.74, 6) is -4.73. The zero-order valence-corrected chi connectivity index (χ0v) is 19.6. The molecule has 3 N–H and O–H groups in total. The van der Waals surface area contributed by atoms with Crippen LogP contribution in [0.25, 0.3) is 0 Å². The van der Waals surface area contributed by atoms with Crippen molar-refractivity contribution in [3.63, 3.8) is 0 Å². The summed E-state index contributed by atoms with van der Waals surface area (Å²) in [6.07, 6.45) is 0.666. The third-order valence-corrected chi connectivity index (χ3v) is 7.58. The van der Waals surface area contributed by atoms with E-state index < -0.39 is 51.4 Å². The van der Waals surface area contributed by atoms with Gasteiger partial charge >= 0.3 is 5.97 Å². The van der Waals surface area contributed by atoms with Crippen LogP contribution in [-0.4, -0.2) is 72.3 Å². The summed E-state index contributed by atoms with van der Waals surface area (Å²) in [5, 5.41) is 13.2. The SMILES string of the molecule is O=C(O)CCC(=O)NCCCCCS(=O)(=O)c1cccc2c1C(=O)N(C1CCC(=O)NC1=O)C2=O. The molecule has 2 aliphatic heterocycles. The van der Waals surface area contributed by atoms with Crippen molar-refractivity contribution in [3.8, 4) is 0 Å². The second kappa shape index (κ2) is 10.8. The van der Waals surface area contributed by atoms with Gasteiger partial charge in [0.25, 0.3) is 11.8 Å². The minimum absolute atomic E-state index is 0.0366. The number of hydrogen-bond acceptors (Lipinski definition) is 8. The van der Waals surface area contributed by atoms with E-state index >= 15 is 0 Å². The van der Waals surface area contributed by atoms with Gasteiger partial charge in [0.15, 0.2) is 9.84 Å². The molecule has 1 fully saturated rings. The number of piperidine rings is 1. The summed E-state index contributed by atoms with van der Waals surface area (Å²) in [6, 6.07) is 2.74. The second-order valence-corrected chi connectivity index (χ2v) is 10.3. The number of aliphatic carboxylic acids is 1. The predicted molar refractivity (Wildman–Crippen MR) is 119 cm³/mol. The topological polar surface area (TPSA) is 184 Å². The first kappa shape index (κ1) is 26.0. The molecule has 0 saturated carbocycles. The van der Waals surface area contributed by atoms with E-state index in [9.17, 15) is 37.2 Å². The molecule has 1 aromatic rings. The molecule has 1 saturated heterocycles. The fourth-order valence-corrected chi connectivity index (χ4v) is 5.58. The molecule has 2 heterocycles. The first-order valence-corrected chi connectivity index (χ1v) is 12.7. The number of unbranched alkanes of at least 4 members (excludes halogenated alkanes) is 2. The number of amides is 5. The van der Waals surface area contributed by atoms with Crippen molar-refractivity contribution in [1.29, 1.82) is 0 Å². The molecule has 0 spiro atoms. The molecule has 2 aliphatic rings. The summed E-state index contributed by atoms with van der Waals surface area (Å²) in [6.45, 7) is 0.271. The van der Waals surface area contributed by atoms with Crippen molar-refractivity contribution in [2.24, 2.45) is 0 Å². The lowest BCUT2D eigenvalue weighted by molar-refractivity contribution is -0.139. The van der Waals surface area contributed by atoms with Crippen LogP contribution in [0, 0.1) is 0 Å². The number of sulfone groups is 1. The Bertz CT molecular complexity index is 1190. The van der Waals surface area contributed by atoms with Crippen LogP contribution in [0.1, 0.15) is 65.7 Å². The Hall–Kier alpha value is -3.61. The van der Waals surface area contributed by atoms with Gasteiger partial charge in [0, 0.05) is 19.4 Å². The summed E-state index contributed by atoms with van der Waals surface area (Å²) < 4.78 is 26.0. The third kappa shape index (κ3) is 5.91. The monoisotopic (exact) mass is 507 g/mol. The van der Waals surface area contributed by atoms with Crippen molar-refractivity contribution in [1.82, 2.24) is 15.5 Å². The molecular weight excluding hydrogens is 482 g/mol. The second-order valence-electron chi connectivity index (χ2n) is 8.25. The fraction of sp³-hybridized carbons (Fsp3) is 0.455. The van der Waals surface area contributed by atoms with Gasteiger partial charge in [-0.3, -0.25) is 39.0 Å². The lowest BCUT2D eigenvalue weighted by atomic mass is 10.0. The lowest BCUT2D eigenvalue weighted by Gasteiger charge is -2.27. The number of hydrogen-bond donors (Lipinski definition) is 3. The maximum absolute atomic E-state index is 13.1. The Morgan fingerprint density at radius 2 is 1.80 bits per heavy atom. The smallest absolute Gasteiger partial charge is 0.303 e. The van der Waals surface area contributed by atoms with Crippen LogP contribution in [0.4, 0.5) is 0 Å². The molecule has 0 aromatic heterocycles. The lowest BCUT2D eigenvalue weighted by Crippen LogP contribution is -2.54. The van der Waals surface area contributed by atoms with Crippen molar-refractivity contribution in [2.75, 3.05) is 12.3 Å². The number of nitrogens with zero attached hydrogens (tertiary/aromatic N) is 1. The zero-order valence-electron chi connectivity index (χ0n) is 18.7. The van der Waals surface area contributed by atoms with Crippen LogP contribution < -0.4 is 10.6 Å². The number of rotatable bonds is 11. The highest BCUT2D eigenvalue weighted by Gasteiger charge is 2.46. The van der Waals surface area contributed by atoms with Crippen LogP contribution >= 0.6 is 0 Å². The van der Waals surface area contributed by atoms with Crippen molar-refractivity contribution >= 4 is 45.3 Å². The molecular formula is C22H25N3O9S. The number of carboxylic acid groups (broad SMARTS) is 1. The molecule has 3 rings (SSSR count). The van der Waals surface area contributed by atoms with Crippen LogP contribution in [0.15, 0.2) is 23.1 Å². The van der Waals surface area contributed by atoms with Crippen molar-refractivity contribution in [3.05, 3.63) is 29.3 Å². The number of fused-ring (bicyclic) bond motifs is 1. The predicted octanol–water partition coefficient (Wildman–Crippen LogP) is 0.0128. The Morgan fingerprint density at radius 3 is 2.49 bits per heavy atom. The summed E-state index contributed by atoms with van der Waals surface area (Å²) in [5.41, 5.74) is -0.377. The standard InChI is InChI=1S/C22H25N3O9S/c26-16(9-10-18(28)29)23-11-2-1-3-12-35(33,34)15-6-4-5-13-19(15)22(32)25(21(13)31)14-7-8-17(27)24-20(14)30/h4-6,14H,1-3,7-12H2,(H,23,26)(H,28,29)(H,24,27,30). The quantitative estimate of drug-likeness (QED) is 0.274. The van der Waals surface area contributed by atoms with E-state index in [2.05, 4.69) is 10.6 Å². The molecule has 188 valence electrons. The van der Waals surface area contributed by atoms with Gasteiger partial charge in [-0.25, -0.2) is 8.42 Å². The minimum atomic E-state index is -3.95. The first-order chi connectivity index (χ1) is 16.5. The molecule has 1 aromatic carbocycles. The van der Waals surface area contributed by atoms with Gasteiger partial charge in [-0.1, -0.05) is 12.5 Å². The van der Waals surface area contributed by atoms with Gasteiger partial charge in [0.2, 0.25) is 17.7 Å².